The molecule has 0 saturated carbocycles. The van der Waals surface area contributed by atoms with Crippen molar-refractivity contribution in [3.8, 4) is 23.0 Å². The molecule has 3 aromatic carbocycles. The monoisotopic (exact) mass is 720 g/mol. The minimum absolute atomic E-state index is 0.163. The molecule has 0 bridgehead atoms. The van der Waals surface area contributed by atoms with E-state index in [1.807, 2.05) is 6.07 Å². The number of thioether (sulfide) groups is 2. The quantitative estimate of drug-likeness (QED) is 0.0463. The van der Waals surface area contributed by atoms with Crippen LogP contribution in [0.4, 0.5) is 0 Å². The predicted octanol–water partition coefficient (Wildman–Crippen LogP) is 7.74. The molecule has 3 aromatic rings. The largest absolute Gasteiger partial charge is 0.493 e. The summed E-state index contributed by atoms with van der Waals surface area (Å²) in [6.45, 7) is 8.12. The Hall–Kier alpha value is -4.94. The Labute approximate surface area is 300 Å². The number of hydrogen-bond acceptors (Lipinski definition) is 12. The number of benzene rings is 3. The second-order valence-electron chi connectivity index (χ2n) is 10.2. The molecule has 0 aliphatic heterocycles. The fourth-order valence-corrected chi connectivity index (χ4v) is 5.48. The Bertz CT molecular complexity index is 1650. The van der Waals surface area contributed by atoms with Crippen molar-refractivity contribution in [2.75, 3.05) is 40.6 Å². The maximum absolute atomic E-state index is 13.0. The van der Waals surface area contributed by atoms with Crippen LogP contribution in [0.15, 0.2) is 102 Å². The molecule has 0 atom stereocenters. The number of carbonyl (C=O) groups excluding carboxylic acids is 4. The summed E-state index contributed by atoms with van der Waals surface area (Å²) in [6, 6.07) is 17.6. The highest BCUT2D eigenvalue weighted by atomic mass is 32.2. The first kappa shape index (κ1) is 39.5. The lowest BCUT2D eigenvalue weighted by Gasteiger charge is -2.12. The van der Waals surface area contributed by atoms with Crippen LogP contribution in [0.2, 0.25) is 0 Å². The van der Waals surface area contributed by atoms with Gasteiger partial charge in [-0.1, -0.05) is 25.3 Å². The van der Waals surface area contributed by atoms with E-state index in [4.69, 9.17) is 28.4 Å². The maximum atomic E-state index is 13.0. The highest BCUT2D eigenvalue weighted by Crippen LogP contribution is 2.33. The number of carbonyl (C=O) groups is 4. The zero-order chi connectivity index (χ0) is 36.1. The topological polar surface area (TPSA) is 124 Å². The molecule has 0 fully saturated rings. The highest BCUT2D eigenvalue weighted by molar-refractivity contribution is 8.14. The highest BCUT2D eigenvalue weighted by Gasteiger charge is 2.14. The summed E-state index contributed by atoms with van der Waals surface area (Å²) in [4.78, 5) is 49.3. The Kier molecular flexibility index (Phi) is 17.3. The molecule has 0 heterocycles. The van der Waals surface area contributed by atoms with E-state index in [-0.39, 0.29) is 16.8 Å². The average molecular weight is 721 g/mol. The van der Waals surface area contributed by atoms with Gasteiger partial charge in [0, 0.05) is 27.5 Å². The molecule has 3 rings (SSSR count). The van der Waals surface area contributed by atoms with E-state index in [1.54, 1.807) is 67.8 Å². The Morgan fingerprint density at radius 2 is 1.12 bits per heavy atom. The van der Waals surface area contributed by atoms with Crippen LogP contribution in [-0.2, 0) is 23.9 Å². The summed E-state index contributed by atoms with van der Waals surface area (Å²) >= 11 is 2.14. The van der Waals surface area contributed by atoms with Crippen LogP contribution in [0.25, 0.3) is 6.08 Å². The molecule has 264 valence electrons. The Balaban J connectivity index is 1.46. The SMILES string of the molecule is C=CC(=O)OCCCCOc1ccc(C=CC(=O)Sc2ccc(SC(=O)c3ccc(OCCCCOC(=O)C=C)c(OC)c3)cc2)cc1OC. The van der Waals surface area contributed by atoms with E-state index >= 15 is 0 Å². The normalized spacial score (nSPS) is 10.6. The van der Waals surface area contributed by atoms with Crippen molar-refractivity contribution in [3.05, 3.63) is 103 Å². The van der Waals surface area contributed by atoms with Gasteiger partial charge in [0.2, 0.25) is 10.2 Å². The van der Waals surface area contributed by atoms with Crippen LogP contribution >= 0.6 is 23.5 Å². The van der Waals surface area contributed by atoms with Gasteiger partial charge in [-0.3, -0.25) is 9.59 Å². The Morgan fingerprint density at radius 3 is 1.66 bits per heavy atom. The van der Waals surface area contributed by atoms with Gasteiger partial charge >= 0.3 is 11.9 Å². The van der Waals surface area contributed by atoms with Gasteiger partial charge in [-0.15, -0.1) is 0 Å². The van der Waals surface area contributed by atoms with Crippen molar-refractivity contribution in [2.45, 2.75) is 35.5 Å². The Morgan fingerprint density at radius 1 is 0.620 bits per heavy atom. The van der Waals surface area contributed by atoms with E-state index in [9.17, 15) is 19.2 Å². The molecule has 0 unspecified atom stereocenters. The van der Waals surface area contributed by atoms with Crippen LogP contribution in [0.1, 0.15) is 41.6 Å². The minimum Gasteiger partial charge on any atom is -0.493 e. The fraction of sp³-hybridized carbons (Fsp3) is 0.263. The van der Waals surface area contributed by atoms with Crippen molar-refractivity contribution in [3.63, 3.8) is 0 Å². The van der Waals surface area contributed by atoms with Crippen molar-refractivity contribution >= 4 is 51.8 Å². The van der Waals surface area contributed by atoms with Crippen LogP contribution in [0, 0.1) is 0 Å². The van der Waals surface area contributed by atoms with Gasteiger partial charge < -0.3 is 28.4 Å². The van der Waals surface area contributed by atoms with E-state index in [1.165, 1.54) is 13.2 Å². The van der Waals surface area contributed by atoms with Crippen molar-refractivity contribution in [1.82, 2.24) is 0 Å². The molecular formula is C38H40O10S2. The third kappa shape index (κ3) is 13.9. The van der Waals surface area contributed by atoms with Crippen LogP contribution in [0.3, 0.4) is 0 Å². The van der Waals surface area contributed by atoms with Gasteiger partial charge in [-0.05, 0) is 115 Å². The zero-order valence-electron chi connectivity index (χ0n) is 28.1. The number of hydrogen-bond donors (Lipinski definition) is 0. The van der Waals surface area contributed by atoms with Crippen molar-refractivity contribution in [1.29, 1.82) is 0 Å². The van der Waals surface area contributed by atoms with Crippen LogP contribution < -0.4 is 18.9 Å². The van der Waals surface area contributed by atoms with E-state index < -0.39 is 11.9 Å². The first-order valence-corrected chi connectivity index (χ1v) is 17.3. The fourth-order valence-electron chi connectivity index (χ4n) is 4.11. The molecule has 0 N–H and O–H groups in total. The van der Waals surface area contributed by atoms with Gasteiger partial charge in [0.1, 0.15) is 0 Å². The molecular weight excluding hydrogens is 681 g/mol. The molecule has 0 aliphatic rings. The summed E-state index contributed by atoms with van der Waals surface area (Å²) in [5.74, 6) is 1.16. The van der Waals surface area contributed by atoms with Gasteiger partial charge in [-0.2, -0.15) is 0 Å². The number of ether oxygens (including phenoxy) is 6. The van der Waals surface area contributed by atoms with Crippen LogP contribution in [-0.4, -0.2) is 62.8 Å². The third-order valence-corrected chi connectivity index (χ3v) is 8.44. The van der Waals surface area contributed by atoms with Gasteiger partial charge in [0.25, 0.3) is 0 Å². The molecule has 10 nitrogen and oxygen atoms in total. The molecule has 0 saturated heterocycles. The summed E-state index contributed by atoms with van der Waals surface area (Å²) in [7, 11) is 3.05. The van der Waals surface area contributed by atoms with E-state index in [0.29, 0.717) is 74.1 Å². The number of methoxy groups -OCH3 is 2. The average Bonchev–Trinajstić information content (AvgIpc) is 3.14. The zero-order valence-corrected chi connectivity index (χ0v) is 29.7. The van der Waals surface area contributed by atoms with Gasteiger partial charge in [0.15, 0.2) is 23.0 Å². The summed E-state index contributed by atoms with van der Waals surface area (Å²) in [6.07, 6.45) is 8.10. The number of esters is 2. The second kappa shape index (κ2) is 21.9. The number of rotatable bonds is 21. The minimum atomic E-state index is -0.455. The van der Waals surface area contributed by atoms with E-state index in [2.05, 4.69) is 13.2 Å². The lowest BCUT2D eigenvalue weighted by molar-refractivity contribution is -0.138. The summed E-state index contributed by atoms with van der Waals surface area (Å²) in [5.41, 5.74) is 1.22. The standard InChI is InChI=1S/C38H40O10S2/c1-5-35(39)47-23-9-7-21-45-31-18-11-27(25-33(31)43-3)12-20-37(41)49-29-14-16-30(17-15-29)50-38(42)28-13-19-32(34(26-28)44-4)46-22-8-10-24-48-36(40)6-2/h5-6,11-20,25-26H,1-2,7-10,21-24H2,3-4H3. The van der Waals surface area contributed by atoms with Gasteiger partial charge in [-0.25, -0.2) is 9.59 Å². The smallest absolute Gasteiger partial charge is 0.330 e. The maximum Gasteiger partial charge on any atom is 0.330 e. The molecule has 0 aliphatic carbocycles. The molecule has 0 radical (unpaired) electrons. The summed E-state index contributed by atoms with van der Waals surface area (Å²) in [5, 5.41) is -0.333. The van der Waals surface area contributed by atoms with Crippen molar-refractivity contribution in [2.24, 2.45) is 0 Å². The van der Waals surface area contributed by atoms with Crippen LogP contribution in [0.5, 0.6) is 23.0 Å². The first-order chi connectivity index (χ1) is 24.3. The molecule has 0 spiro atoms. The molecule has 0 aromatic heterocycles. The lowest BCUT2D eigenvalue weighted by atomic mass is 10.2. The summed E-state index contributed by atoms with van der Waals surface area (Å²) < 4.78 is 32.4. The molecule has 12 heteroatoms. The number of unbranched alkanes of at least 4 members (excludes halogenated alkanes) is 2. The van der Waals surface area contributed by atoms with Gasteiger partial charge in [0.05, 0.1) is 40.6 Å². The molecule has 50 heavy (non-hydrogen) atoms. The predicted molar refractivity (Wildman–Crippen MR) is 194 cm³/mol. The van der Waals surface area contributed by atoms with E-state index in [0.717, 1.165) is 51.0 Å². The lowest BCUT2D eigenvalue weighted by Crippen LogP contribution is -2.05. The molecule has 0 amide bonds. The van der Waals surface area contributed by atoms with Crippen molar-refractivity contribution < 1.29 is 47.6 Å². The third-order valence-electron chi connectivity index (χ3n) is 6.67. The second-order valence-corrected chi connectivity index (χ2v) is 12.4. The first-order valence-electron chi connectivity index (χ1n) is 15.7.